The molecule has 10 nitrogen and oxygen atoms in total. The number of carbonyl (C=O) groups excluding carboxylic acids is 1. The Morgan fingerprint density at radius 2 is 1.71 bits per heavy atom. The molecule has 184 valence electrons. The number of pyridine rings is 1. The summed E-state index contributed by atoms with van der Waals surface area (Å²) in [5.74, 6) is 1.41. The number of ether oxygens (including phenoxy) is 2. The maximum Gasteiger partial charge on any atom is 0.244 e. The average Bonchev–Trinajstić information content (AvgIpc) is 2.89. The standard InChI is InChI=1S/C23H31N5O5S/c1-18(23(29)25-19-3-5-20(32-2)6-4-19)26-9-11-27(12-10-26)22-8-7-21(17-24-22)34(30,31)28-13-15-33-16-14-28/h3-8,17-18H,9-16H2,1-2H3,(H,25,29). The summed E-state index contributed by atoms with van der Waals surface area (Å²) in [4.78, 5) is 21.6. The van der Waals surface area contributed by atoms with Crippen LogP contribution in [0.4, 0.5) is 11.5 Å². The van der Waals surface area contributed by atoms with Crippen molar-refractivity contribution in [1.82, 2.24) is 14.2 Å². The normalized spacial score (nSPS) is 18.9. The summed E-state index contributed by atoms with van der Waals surface area (Å²) in [6, 6.07) is 10.3. The largest absolute Gasteiger partial charge is 0.497 e. The molecule has 11 heteroatoms. The predicted molar refractivity (Wildman–Crippen MR) is 129 cm³/mol. The van der Waals surface area contributed by atoms with E-state index in [0.29, 0.717) is 52.5 Å². The first-order valence-electron chi connectivity index (χ1n) is 11.4. The lowest BCUT2D eigenvalue weighted by Gasteiger charge is -2.38. The highest BCUT2D eigenvalue weighted by atomic mass is 32.2. The monoisotopic (exact) mass is 489 g/mol. The Morgan fingerprint density at radius 1 is 1.03 bits per heavy atom. The summed E-state index contributed by atoms with van der Waals surface area (Å²) in [5, 5.41) is 2.95. The summed E-state index contributed by atoms with van der Waals surface area (Å²) < 4.78 is 37.4. The number of carbonyl (C=O) groups is 1. The van der Waals surface area contributed by atoms with E-state index in [1.807, 2.05) is 31.2 Å². The Bertz CT molecular complexity index is 1060. The van der Waals surface area contributed by atoms with Gasteiger partial charge in [0.25, 0.3) is 0 Å². The second-order valence-electron chi connectivity index (χ2n) is 8.29. The summed E-state index contributed by atoms with van der Waals surface area (Å²) in [6.45, 7) is 6.23. The number of piperazine rings is 1. The highest BCUT2D eigenvalue weighted by Crippen LogP contribution is 2.21. The number of nitrogens with one attached hydrogen (secondary N) is 1. The molecule has 1 amide bonds. The van der Waals surface area contributed by atoms with E-state index in [0.717, 1.165) is 17.3 Å². The number of sulfonamides is 1. The second-order valence-corrected chi connectivity index (χ2v) is 10.2. The third-order valence-corrected chi connectivity index (χ3v) is 8.13. The Balaban J connectivity index is 1.31. The topological polar surface area (TPSA) is 104 Å². The molecule has 4 rings (SSSR count). The third-order valence-electron chi connectivity index (χ3n) is 6.25. The molecule has 3 heterocycles. The van der Waals surface area contributed by atoms with E-state index in [9.17, 15) is 13.2 Å². The van der Waals surface area contributed by atoms with Crippen LogP contribution in [0.3, 0.4) is 0 Å². The van der Waals surface area contributed by atoms with Gasteiger partial charge in [-0.1, -0.05) is 0 Å². The van der Waals surface area contributed by atoms with Gasteiger partial charge in [-0.15, -0.1) is 0 Å². The average molecular weight is 490 g/mol. The molecule has 0 aliphatic carbocycles. The van der Waals surface area contributed by atoms with Crippen LogP contribution in [0.5, 0.6) is 5.75 Å². The van der Waals surface area contributed by atoms with Crippen molar-refractivity contribution in [3.63, 3.8) is 0 Å². The van der Waals surface area contributed by atoms with E-state index in [-0.39, 0.29) is 16.8 Å². The zero-order chi connectivity index (χ0) is 24.1. The Morgan fingerprint density at radius 3 is 2.29 bits per heavy atom. The van der Waals surface area contributed by atoms with Gasteiger partial charge < -0.3 is 19.7 Å². The zero-order valence-corrected chi connectivity index (χ0v) is 20.3. The lowest BCUT2D eigenvalue weighted by Crippen LogP contribution is -2.53. The zero-order valence-electron chi connectivity index (χ0n) is 19.5. The number of benzene rings is 1. The fraction of sp³-hybridized carbons (Fsp3) is 0.478. The Hall–Kier alpha value is -2.73. The number of anilines is 2. The van der Waals surface area contributed by atoms with E-state index in [4.69, 9.17) is 9.47 Å². The van der Waals surface area contributed by atoms with Gasteiger partial charge in [-0.2, -0.15) is 4.31 Å². The molecule has 2 aliphatic heterocycles. The van der Waals surface area contributed by atoms with E-state index >= 15 is 0 Å². The fourth-order valence-corrected chi connectivity index (χ4v) is 5.43. The predicted octanol–water partition coefficient (Wildman–Crippen LogP) is 1.26. The summed E-state index contributed by atoms with van der Waals surface area (Å²) in [7, 11) is -1.95. The number of nitrogens with zero attached hydrogens (tertiary/aromatic N) is 4. The number of hydrogen-bond acceptors (Lipinski definition) is 8. The van der Waals surface area contributed by atoms with E-state index < -0.39 is 10.0 Å². The van der Waals surface area contributed by atoms with Crippen LogP contribution in [0.2, 0.25) is 0 Å². The summed E-state index contributed by atoms with van der Waals surface area (Å²) in [6.07, 6.45) is 1.43. The lowest BCUT2D eigenvalue weighted by atomic mass is 10.2. The van der Waals surface area contributed by atoms with Crippen LogP contribution in [0.1, 0.15) is 6.92 Å². The van der Waals surface area contributed by atoms with Crippen LogP contribution in [-0.2, 0) is 19.6 Å². The van der Waals surface area contributed by atoms with E-state index in [1.54, 1.807) is 19.2 Å². The molecule has 1 aromatic carbocycles. The van der Waals surface area contributed by atoms with Crippen molar-refractivity contribution in [3.8, 4) is 5.75 Å². The number of methoxy groups -OCH3 is 1. The molecule has 1 atom stereocenters. The molecule has 0 saturated carbocycles. The van der Waals surface area contributed by atoms with Gasteiger partial charge in [0, 0.05) is 51.2 Å². The Kier molecular flexibility index (Phi) is 7.67. The van der Waals surface area contributed by atoms with Crippen LogP contribution in [0.25, 0.3) is 0 Å². The van der Waals surface area contributed by atoms with E-state index in [1.165, 1.54) is 10.5 Å². The molecule has 2 aliphatic rings. The van der Waals surface area contributed by atoms with Crippen LogP contribution >= 0.6 is 0 Å². The van der Waals surface area contributed by atoms with Crippen LogP contribution in [0, 0.1) is 0 Å². The van der Waals surface area contributed by atoms with Crippen molar-refractivity contribution in [2.75, 3.05) is 69.8 Å². The molecular formula is C23H31N5O5S. The SMILES string of the molecule is COc1ccc(NC(=O)C(C)N2CCN(c3ccc(S(=O)(=O)N4CCOCC4)cn3)CC2)cc1. The van der Waals surface area contributed by atoms with Crippen molar-refractivity contribution >= 4 is 27.4 Å². The number of rotatable bonds is 7. The first kappa shape index (κ1) is 24.4. The molecule has 2 aromatic rings. The molecule has 1 unspecified atom stereocenters. The number of amides is 1. The first-order valence-corrected chi connectivity index (χ1v) is 12.8. The Labute approximate surface area is 200 Å². The van der Waals surface area contributed by atoms with Gasteiger partial charge in [0.2, 0.25) is 15.9 Å². The molecule has 0 bridgehead atoms. The van der Waals surface area contributed by atoms with E-state index in [2.05, 4.69) is 20.1 Å². The van der Waals surface area contributed by atoms with Gasteiger partial charge in [-0.05, 0) is 43.3 Å². The van der Waals surface area contributed by atoms with Crippen molar-refractivity contribution < 1.29 is 22.7 Å². The minimum Gasteiger partial charge on any atom is -0.497 e. The highest BCUT2D eigenvalue weighted by Gasteiger charge is 2.28. The van der Waals surface area contributed by atoms with Crippen molar-refractivity contribution in [1.29, 1.82) is 0 Å². The van der Waals surface area contributed by atoms with Gasteiger partial charge in [-0.25, -0.2) is 13.4 Å². The minimum atomic E-state index is -3.56. The quantitative estimate of drug-likeness (QED) is 0.620. The maximum absolute atomic E-state index is 12.8. The molecule has 2 fully saturated rings. The molecule has 1 N–H and O–H groups in total. The number of aromatic nitrogens is 1. The molecule has 0 radical (unpaired) electrons. The lowest BCUT2D eigenvalue weighted by molar-refractivity contribution is -0.120. The van der Waals surface area contributed by atoms with Gasteiger partial charge in [-0.3, -0.25) is 9.69 Å². The molecule has 34 heavy (non-hydrogen) atoms. The molecule has 2 saturated heterocycles. The number of morpholine rings is 1. The first-order chi connectivity index (χ1) is 16.4. The van der Waals surface area contributed by atoms with Crippen LogP contribution in [-0.4, -0.2) is 94.1 Å². The van der Waals surface area contributed by atoms with Gasteiger partial charge in [0.1, 0.15) is 16.5 Å². The fourth-order valence-electron chi connectivity index (χ4n) is 4.07. The third kappa shape index (κ3) is 5.49. The van der Waals surface area contributed by atoms with Gasteiger partial charge in [0.15, 0.2) is 0 Å². The van der Waals surface area contributed by atoms with Gasteiger partial charge >= 0.3 is 0 Å². The highest BCUT2D eigenvalue weighted by molar-refractivity contribution is 7.89. The van der Waals surface area contributed by atoms with Crippen LogP contribution < -0.4 is 15.0 Å². The second kappa shape index (κ2) is 10.7. The van der Waals surface area contributed by atoms with Crippen LogP contribution in [0.15, 0.2) is 47.5 Å². The van der Waals surface area contributed by atoms with Crippen molar-refractivity contribution in [3.05, 3.63) is 42.6 Å². The smallest absolute Gasteiger partial charge is 0.244 e. The summed E-state index contributed by atoms with van der Waals surface area (Å²) in [5.41, 5.74) is 0.729. The molecular weight excluding hydrogens is 458 g/mol. The minimum absolute atomic E-state index is 0.0607. The van der Waals surface area contributed by atoms with Crippen molar-refractivity contribution in [2.45, 2.75) is 17.9 Å². The maximum atomic E-state index is 12.8. The summed E-state index contributed by atoms with van der Waals surface area (Å²) >= 11 is 0. The molecule has 1 aromatic heterocycles. The molecule has 0 spiro atoms. The van der Waals surface area contributed by atoms with Crippen molar-refractivity contribution in [2.24, 2.45) is 0 Å². The number of hydrogen-bond donors (Lipinski definition) is 1. The van der Waals surface area contributed by atoms with Gasteiger partial charge in [0.05, 0.1) is 26.4 Å².